The van der Waals surface area contributed by atoms with Gasteiger partial charge in [-0.25, -0.2) is 0 Å². The normalized spacial score (nSPS) is 21.4. The lowest BCUT2D eigenvalue weighted by molar-refractivity contribution is 0.0682. The zero-order chi connectivity index (χ0) is 20.2. The largest absolute Gasteiger partial charge is 0.500 e. The van der Waals surface area contributed by atoms with Gasteiger partial charge in [-0.15, -0.1) is 0 Å². The van der Waals surface area contributed by atoms with Gasteiger partial charge in [-0.05, 0) is 40.8 Å². The molecule has 0 N–H and O–H groups in total. The van der Waals surface area contributed by atoms with Crippen molar-refractivity contribution in [2.24, 2.45) is 0 Å². The molecule has 0 atom stereocenters. The summed E-state index contributed by atoms with van der Waals surface area (Å²) in [5.74, 6) is 0. The van der Waals surface area contributed by atoms with E-state index in [9.17, 15) is 0 Å². The van der Waals surface area contributed by atoms with Crippen molar-refractivity contribution >= 4 is 8.80 Å². The van der Waals surface area contributed by atoms with E-state index in [0.717, 1.165) is 19.0 Å². The summed E-state index contributed by atoms with van der Waals surface area (Å²) in [6, 6.07) is 0.923. The highest BCUT2D eigenvalue weighted by Gasteiger charge is 2.39. The fourth-order valence-electron chi connectivity index (χ4n) is 4.11. The molecule has 0 bridgehead atoms. The SMILES string of the molecule is CCO[Si](CCCN1CCN(CCN2CCN(C)CC2)CC1)(OCC)OCC. The molecule has 0 amide bonds. The van der Waals surface area contributed by atoms with Crippen LogP contribution < -0.4 is 0 Å². The van der Waals surface area contributed by atoms with Crippen LogP contribution in [0.2, 0.25) is 6.04 Å². The third-order valence-electron chi connectivity index (χ3n) is 5.84. The molecule has 28 heavy (non-hydrogen) atoms. The minimum Gasteiger partial charge on any atom is -0.374 e. The Labute approximate surface area is 174 Å². The highest BCUT2D eigenvalue weighted by molar-refractivity contribution is 6.60. The van der Waals surface area contributed by atoms with Gasteiger partial charge in [0.1, 0.15) is 0 Å². The van der Waals surface area contributed by atoms with Gasteiger partial charge in [0.05, 0.1) is 0 Å². The van der Waals surface area contributed by atoms with Crippen LogP contribution in [-0.2, 0) is 13.3 Å². The summed E-state index contributed by atoms with van der Waals surface area (Å²) in [5.41, 5.74) is 0. The number of piperazine rings is 2. The van der Waals surface area contributed by atoms with Gasteiger partial charge in [0.15, 0.2) is 0 Å². The lowest BCUT2D eigenvalue weighted by Crippen LogP contribution is -2.51. The van der Waals surface area contributed by atoms with Crippen LogP contribution in [0.25, 0.3) is 0 Å². The molecule has 0 aromatic heterocycles. The lowest BCUT2D eigenvalue weighted by Gasteiger charge is -2.37. The summed E-state index contributed by atoms with van der Waals surface area (Å²) < 4.78 is 17.9. The lowest BCUT2D eigenvalue weighted by atomic mass is 10.2. The minimum absolute atomic E-state index is 0.665. The van der Waals surface area contributed by atoms with Crippen molar-refractivity contribution in [3.63, 3.8) is 0 Å². The van der Waals surface area contributed by atoms with Crippen LogP contribution in [0, 0.1) is 0 Å². The molecule has 8 heteroatoms. The molecule has 166 valence electrons. The quantitative estimate of drug-likeness (QED) is 0.419. The van der Waals surface area contributed by atoms with Crippen molar-refractivity contribution in [2.45, 2.75) is 33.2 Å². The zero-order valence-corrected chi connectivity index (χ0v) is 19.8. The van der Waals surface area contributed by atoms with Crippen molar-refractivity contribution < 1.29 is 13.3 Å². The fraction of sp³-hybridized carbons (Fsp3) is 1.00. The van der Waals surface area contributed by atoms with Crippen molar-refractivity contribution in [3.8, 4) is 0 Å². The summed E-state index contributed by atoms with van der Waals surface area (Å²) in [6.07, 6.45) is 1.09. The van der Waals surface area contributed by atoms with Gasteiger partial charge in [-0.2, -0.15) is 0 Å². The third-order valence-corrected chi connectivity index (χ3v) is 8.99. The topological polar surface area (TPSA) is 40.7 Å². The van der Waals surface area contributed by atoms with E-state index in [1.54, 1.807) is 0 Å². The number of hydrogen-bond acceptors (Lipinski definition) is 7. The van der Waals surface area contributed by atoms with E-state index in [-0.39, 0.29) is 0 Å². The minimum atomic E-state index is -2.48. The molecule has 2 aliphatic rings. The van der Waals surface area contributed by atoms with E-state index in [0.29, 0.717) is 19.8 Å². The highest BCUT2D eigenvalue weighted by Crippen LogP contribution is 2.19. The first-order valence-electron chi connectivity index (χ1n) is 11.4. The fourth-order valence-corrected chi connectivity index (χ4v) is 6.70. The zero-order valence-electron chi connectivity index (χ0n) is 18.8. The Kier molecular flexibility index (Phi) is 11.5. The molecule has 0 spiro atoms. The van der Waals surface area contributed by atoms with E-state index < -0.39 is 8.80 Å². The van der Waals surface area contributed by atoms with Crippen LogP contribution in [0.4, 0.5) is 0 Å². The number of hydrogen-bond donors (Lipinski definition) is 0. The smallest absolute Gasteiger partial charge is 0.374 e. The van der Waals surface area contributed by atoms with Crippen LogP contribution >= 0.6 is 0 Å². The standard InChI is InChI=1S/C20H44N4O3Si/c1-5-25-28(26-6-2,27-7-3)20-8-9-22-14-16-24(17-15-22)19-18-23-12-10-21(4)11-13-23/h5-20H2,1-4H3. The third kappa shape index (κ3) is 8.35. The number of likely N-dealkylation sites (N-methyl/N-ethyl adjacent to an activating group) is 1. The van der Waals surface area contributed by atoms with E-state index in [2.05, 4.69) is 26.6 Å². The Morgan fingerprint density at radius 1 is 0.607 bits per heavy atom. The molecule has 0 saturated carbocycles. The molecule has 0 aromatic carbocycles. The molecule has 2 fully saturated rings. The van der Waals surface area contributed by atoms with E-state index >= 15 is 0 Å². The summed E-state index contributed by atoms with van der Waals surface area (Å²) in [5, 5.41) is 0. The molecular weight excluding hydrogens is 372 g/mol. The molecule has 0 unspecified atom stereocenters. The predicted molar refractivity (Wildman–Crippen MR) is 117 cm³/mol. The summed E-state index contributed by atoms with van der Waals surface area (Å²) in [7, 11) is -0.254. The average molecular weight is 417 g/mol. The van der Waals surface area contributed by atoms with Gasteiger partial charge in [-0.3, -0.25) is 9.80 Å². The maximum absolute atomic E-state index is 5.97. The molecule has 2 rings (SSSR count). The van der Waals surface area contributed by atoms with Gasteiger partial charge in [-0.1, -0.05) is 0 Å². The van der Waals surface area contributed by atoms with Crippen molar-refractivity contribution in [2.75, 3.05) is 98.9 Å². The molecule has 0 radical (unpaired) electrons. The summed E-state index contributed by atoms with van der Waals surface area (Å²) in [4.78, 5) is 10.3. The number of rotatable bonds is 13. The highest BCUT2D eigenvalue weighted by atomic mass is 28.4. The first kappa shape index (κ1) is 24.2. The first-order chi connectivity index (χ1) is 13.6. The Balaban J connectivity index is 1.62. The van der Waals surface area contributed by atoms with E-state index in [4.69, 9.17) is 13.3 Å². The Morgan fingerprint density at radius 2 is 1.00 bits per heavy atom. The second-order valence-electron chi connectivity index (χ2n) is 7.91. The van der Waals surface area contributed by atoms with Gasteiger partial charge in [0.25, 0.3) is 0 Å². The maximum Gasteiger partial charge on any atom is 0.500 e. The van der Waals surface area contributed by atoms with E-state index in [1.165, 1.54) is 65.4 Å². The molecule has 2 heterocycles. The Bertz CT molecular complexity index is 386. The van der Waals surface area contributed by atoms with Gasteiger partial charge in [0.2, 0.25) is 0 Å². The predicted octanol–water partition coefficient (Wildman–Crippen LogP) is 1.29. The summed E-state index contributed by atoms with van der Waals surface area (Å²) in [6.45, 7) is 21.2. The second-order valence-corrected chi connectivity index (χ2v) is 10.6. The molecule has 2 saturated heterocycles. The van der Waals surface area contributed by atoms with Gasteiger partial charge in [0, 0.05) is 91.3 Å². The first-order valence-corrected chi connectivity index (χ1v) is 13.3. The molecule has 0 aromatic rings. The van der Waals surface area contributed by atoms with Crippen LogP contribution in [-0.4, -0.2) is 127 Å². The van der Waals surface area contributed by atoms with Crippen LogP contribution in [0.1, 0.15) is 27.2 Å². The molecular formula is C20H44N4O3Si. The second kappa shape index (κ2) is 13.3. The van der Waals surface area contributed by atoms with Crippen LogP contribution in [0.5, 0.6) is 0 Å². The van der Waals surface area contributed by atoms with Gasteiger partial charge >= 0.3 is 8.80 Å². The Hall–Kier alpha value is -0.0631. The molecule has 0 aliphatic carbocycles. The number of nitrogens with zero attached hydrogens (tertiary/aromatic N) is 4. The van der Waals surface area contributed by atoms with Crippen LogP contribution in [0.15, 0.2) is 0 Å². The van der Waals surface area contributed by atoms with Crippen molar-refractivity contribution in [3.05, 3.63) is 0 Å². The molecule has 2 aliphatic heterocycles. The average Bonchev–Trinajstić information content (AvgIpc) is 2.69. The van der Waals surface area contributed by atoms with Crippen molar-refractivity contribution in [1.29, 1.82) is 0 Å². The van der Waals surface area contributed by atoms with E-state index in [1.807, 2.05) is 20.8 Å². The molecule has 7 nitrogen and oxygen atoms in total. The summed E-state index contributed by atoms with van der Waals surface area (Å²) >= 11 is 0. The maximum atomic E-state index is 5.97. The van der Waals surface area contributed by atoms with Gasteiger partial charge < -0.3 is 23.1 Å². The van der Waals surface area contributed by atoms with Crippen molar-refractivity contribution in [1.82, 2.24) is 19.6 Å². The van der Waals surface area contributed by atoms with Crippen LogP contribution in [0.3, 0.4) is 0 Å². The monoisotopic (exact) mass is 416 g/mol. The Morgan fingerprint density at radius 3 is 1.43 bits per heavy atom.